The molecule has 0 aliphatic carbocycles. The Morgan fingerprint density at radius 3 is 2.20 bits per heavy atom. The first-order valence-electron chi connectivity index (χ1n) is 9.53. The molecule has 3 aromatic rings. The van der Waals surface area contributed by atoms with E-state index in [9.17, 15) is 14.4 Å². The summed E-state index contributed by atoms with van der Waals surface area (Å²) in [7, 11) is 0. The van der Waals surface area contributed by atoms with Crippen molar-refractivity contribution < 1.29 is 19.1 Å². The van der Waals surface area contributed by atoms with Gasteiger partial charge >= 0.3 is 5.97 Å². The van der Waals surface area contributed by atoms with Gasteiger partial charge < -0.3 is 10.1 Å². The minimum absolute atomic E-state index is 0.123. The molecule has 0 aliphatic heterocycles. The van der Waals surface area contributed by atoms with Crippen molar-refractivity contribution in [2.45, 2.75) is 26.8 Å². The molecule has 0 saturated carbocycles. The van der Waals surface area contributed by atoms with E-state index in [0.717, 1.165) is 16.9 Å². The number of benzene rings is 2. The van der Waals surface area contributed by atoms with Gasteiger partial charge in [0.15, 0.2) is 12.4 Å². The molecule has 7 nitrogen and oxygen atoms in total. The first-order chi connectivity index (χ1) is 14.3. The lowest BCUT2D eigenvalue weighted by molar-refractivity contribution is -0.119. The van der Waals surface area contributed by atoms with Gasteiger partial charge in [0.05, 0.1) is 17.3 Å². The molecule has 0 saturated heterocycles. The highest BCUT2D eigenvalue weighted by Crippen LogP contribution is 2.15. The van der Waals surface area contributed by atoms with Gasteiger partial charge in [-0.2, -0.15) is 5.10 Å². The number of nitrogens with zero attached hydrogens (tertiary/aromatic N) is 2. The fourth-order valence-corrected chi connectivity index (χ4v) is 3.02. The van der Waals surface area contributed by atoms with Crippen molar-refractivity contribution in [2.24, 2.45) is 0 Å². The van der Waals surface area contributed by atoms with Crippen molar-refractivity contribution in [2.75, 3.05) is 6.61 Å². The van der Waals surface area contributed by atoms with Gasteiger partial charge in [0.25, 0.3) is 0 Å². The van der Waals surface area contributed by atoms with E-state index in [-0.39, 0.29) is 24.3 Å². The summed E-state index contributed by atoms with van der Waals surface area (Å²) in [5, 5.41) is 7.00. The van der Waals surface area contributed by atoms with Crippen molar-refractivity contribution in [3.05, 3.63) is 83.2 Å². The topological polar surface area (TPSA) is 90.3 Å². The SMILES string of the molecule is CC(=O)N[C@@H](C)c1ccc(C(=O)COC(=O)c2ccc(-n3nccc3C)cc2)cc1. The second kappa shape index (κ2) is 9.17. The van der Waals surface area contributed by atoms with Crippen LogP contribution in [0, 0.1) is 6.92 Å². The Morgan fingerprint density at radius 1 is 1.00 bits per heavy atom. The maximum Gasteiger partial charge on any atom is 0.338 e. The molecule has 3 rings (SSSR count). The molecule has 0 bridgehead atoms. The number of Topliss-reactive ketones (excluding diaryl/α,β-unsaturated/α-hetero) is 1. The molecule has 1 heterocycles. The van der Waals surface area contributed by atoms with E-state index in [1.807, 2.05) is 19.9 Å². The van der Waals surface area contributed by atoms with Gasteiger partial charge in [-0.25, -0.2) is 9.48 Å². The fourth-order valence-electron chi connectivity index (χ4n) is 3.02. The third-order valence-corrected chi connectivity index (χ3v) is 4.67. The predicted octanol–water partition coefficient (Wildman–Crippen LogP) is 3.42. The lowest BCUT2D eigenvalue weighted by Gasteiger charge is -2.13. The number of hydrogen-bond acceptors (Lipinski definition) is 5. The number of amides is 1. The fraction of sp³-hybridized carbons (Fsp3) is 0.217. The van der Waals surface area contributed by atoms with Crippen LogP contribution in [0.4, 0.5) is 0 Å². The average molecular weight is 405 g/mol. The minimum Gasteiger partial charge on any atom is -0.454 e. The standard InChI is InChI=1S/C23H23N3O4/c1-15-12-13-24-26(15)21-10-8-20(9-11-21)23(29)30-14-22(28)19-6-4-18(5-7-19)16(2)25-17(3)27/h4-13,16H,14H2,1-3H3,(H,25,27)/t16-/m0/s1. The second-order valence-electron chi connectivity index (χ2n) is 6.97. The molecule has 1 atom stereocenters. The molecule has 0 spiro atoms. The third kappa shape index (κ3) is 5.00. The van der Waals surface area contributed by atoms with Gasteiger partial charge in [-0.3, -0.25) is 9.59 Å². The Balaban J connectivity index is 1.57. The van der Waals surface area contributed by atoms with E-state index in [0.29, 0.717) is 11.1 Å². The molecule has 2 aromatic carbocycles. The number of rotatable bonds is 7. The summed E-state index contributed by atoms with van der Waals surface area (Å²) < 4.78 is 6.92. The van der Waals surface area contributed by atoms with Crippen LogP contribution in [-0.4, -0.2) is 34.0 Å². The summed E-state index contributed by atoms with van der Waals surface area (Å²) >= 11 is 0. The van der Waals surface area contributed by atoms with Crippen molar-refractivity contribution in [1.82, 2.24) is 15.1 Å². The molecule has 7 heteroatoms. The number of carbonyl (C=O) groups is 3. The van der Waals surface area contributed by atoms with Crippen LogP contribution in [0.5, 0.6) is 0 Å². The average Bonchev–Trinajstić information content (AvgIpc) is 3.17. The lowest BCUT2D eigenvalue weighted by atomic mass is 10.0. The molecule has 154 valence electrons. The summed E-state index contributed by atoms with van der Waals surface area (Å²) in [5.74, 6) is -0.990. The Hall–Kier alpha value is -3.74. The molecular formula is C23H23N3O4. The van der Waals surface area contributed by atoms with Crippen LogP contribution in [-0.2, 0) is 9.53 Å². The van der Waals surface area contributed by atoms with Crippen LogP contribution < -0.4 is 5.32 Å². The molecule has 0 unspecified atom stereocenters. The van der Waals surface area contributed by atoms with Gasteiger partial charge in [0.1, 0.15) is 0 Å². The smallest absolute Gasteiger partial charge is 0.338 e. The number of esters is 1. The number of nitrogens with one attached hydrogen (secondary N) is 1. The van der Waals surface area contributed by atoms with Gasteiger partial charge in [0.2, 0.25) is 5.91 Å². The number of ketones is 1. The van der Waals surface area contributed by atoms with Gasteiger partial charge in [0, 0.05) is 24.4 Å². The number of aryl methyl sites for hydroxylation is 1. The molecule has 0 fully saturated rings. The van der Waals surface area contributed by atoms with Gasteiger partial charge in [-0.15, -0.1) is 0 Å². The van der Waals surface area contributed by atoms with Gasteiger partial charge in [-0.1, -0.05) is 24.3 Å². The second-order valence-corrected chi connectivity index (χ2v) is 6.97. The summed E-state index contributed by atoms with van der Waals surface area (Å²) in [6.07, 6.45) is 1.70. The summed E-state index contributed by atoms with van der Waals surface area (Å²) in [5.41, 5.74) is 3.49. The number of ether oxygens (including phenoxy) is 1. The Morgan fingerprint density at radius 2 is 1.63 bits per heavy atom. The van der Waals surface area contributed by atoms with Crippen molar-refractivity contribution in [3.8, 4) is 5.69 Å². The number of aromatic nitrogens is 2. The van der Waals surface area contributed by atoms with Crippen LogP contribution in [0.25, 0.3) is 5.69 Å². The highest BCUT2D eigenvalue weighted by Gasteiger charge is 2.13. The van der Waals surface area contributed by atoms with E-state index in [1.54, 1.807) is 59.4 Å². The van der Waals surface area contributed by atoms with Crippen LogP contribution in [0.1, 0.15) is 51.9 Å². The summed E-state index contributed by atoms with van der Waals surface area (Å²) in [4.78, 5) is 35.7. The molecule has 1 N–H and O–H groups in total. The molecule has 0 radical (unpaired) electrons. The van der Waals surface area contributed by atoms with Crippen molar-refractivity contribution >= 4 is 17.7 Å². The molecular weight excluding hydrogens is 382 g/mol. The van der Waals surface area contributed by atoms with E-state index in [1.165, 1.54) is 6.92 Å². The Labute approximate surface area is 174 Å². The molecule has 0 aliphatic rings. The van der Waals surface area contributed by atoms with Crippen molar-refractivity contribution in [3.63, 3.8) is 0 Å². The van der Waals surface area contributed by atoms with Crippen LogP contribution in [0.15, 0.2) is 60.8 Å². The number of carbonyl (C=O) groups excluding carboxylic acids is 3. The third-order valence-electron chi connectivity index (χ3n) is 4.67. The maximum absolute atomic E-state index is 12.3. The zero-order valence-corrected chi connectivity index (χ0v) is 17.1. The zero-order valence-electron chi connectivity index (χ0n) is 17.1. The number of hydrogen-bond donors (Lipinski definition) is 1. The quantitative estimate of drug-likeness (QED) is 0.480. The Bertz CT molecular complexity index is 1050. The van der Waals surface area contributed by atoms with Crippen LogP contribution in [0.2, 0.25) is 0 Å². The summed E-state index contributed by atoms with van der Waals surface area (Å²) in [6, 6.07) is 15.4. The lowest BCUT2D eigenvalue weighted by Crippen LogP contribution is -2.23. The van der Waals surface area contributed by atoms with Crippen LogP contribution in [0.3, 0.4) is 0 Å². The van der Waals surface area contributed by atoms with E-state index >= 15 is 0 Å². The first-order valence-corrected chi connectivity index (χ1v) is 9.53. The minimum atomic E-state index is -0.567. The molecule has 30 heavy (non-hydrogen) atoms. The normalized spacial score (nSPS) is 11.6. The Kier molecular flexibility index (Phi) is 6.41. The van der Waals surface area contributed by atoms with E-state index in [4.69, 9.17) is 4.74 Å². The monoisotopic (exact) mass is 405 g/mol. The molecule has 1 amide bonds. The molecule has 1 aromatic heterocycles. The predicted molar refractivity (Wildman–Crippen MR) is 112 cm³/mol. The van der Waals surface area contributed by atoms with Crippen LogP contribution >= 0.6 is 0 Å². The highest BCUT2D eigenvalue weighted by molar-refractivity contribution is 5.99. The largest absolute Gasteiger partial charge is 0.454 e. The summed E-state index contributed by atoms with van der Waals surface area (Å²) in [6.45, 7) is 4.90. The van der Waals surface area contributed by atoms with E-state index < -0.39 is 5.97 Å². The van der Waals surface area contributed by atoms with Crippen molar-refractivity contribution in [1.29, 1.82) is 0 Å². The first kappa shape index (κ1) is 21.0. The van der Waals surface area contributed by atoms with Gasteiger partial charge in [-0.05, 0) is 49.7 Å². The highest BCUT2D eigenvalue weighted by atomic mass is 16.5. The zero-order chi connectivity index (χ0) is 21.7. The maximum atomic E-state index is 12.3. The van der Waals surface area contributed by atoms with E-state index in [2.05, 4.69) is 10.4 Å².